The Morgan fingerprint density at radius 3 is 2.73 bits per heavy atom. The normalized spacial score (nSPS) is 17.5. The third-order valence-electron chi connectivity index (χ3n) is 1.83. The van der Waals surface area contributed by atoms with Gasteiger partial charge in [-0.05, 0) is 17.9 Å². The molecule has 0 spiro atoms. The third-order valence-corrected chi connectivity index (χ3v) is 2.80. The summed E-state index contributed by atoms with van der Waals surface area (Å²) < 4.78 is 0. The molecular formula is C10H10S. The molecule has 1 aliphatic carbocycles. The molecule has 0 fully saturated rings. The summed E-state index contributed by atoms with van der Waals surface area (Å²) in [5.74, 6) is 0.545. The molecule has 0 bridgehead atoms. The average molecular weight is 162 g/mol. The molecule has 0 saturated heterocycles. The molecule has 2 rings (SSSR count). The predicted octanol–water partition coefficient (Wildman–Crippen LogP) is 3.35. The van der Waals surface area contributed by atoms with Crippen LogP contribution in [0.5, 0.6) is 0 Å². The topological polar surface area (TPSA) is 0 Å². The molecule has 0 unspecified atom stereocenters. The van der Waals surface area contributed by atoms with Crippen molar-refractivity contribution < 1.29 is 0 Å². The van der Waals surface area contributed by atoms with Gasteiger partial charge in [0, 0.05) is 10.8 Å². The lowest BCUT2D eigenvalue weighted by atomic mass is 10.0. The summed E-state index contributed by atoms with van der Waals surface area (Å²) in [5, 5.41) is 2.13. The van der Waals surface area contributed by atoms with E-state index in [9.17, 15) is 0 Å². The molecule has 1 aromatic rings. The van der Waals surface area contributed by atoms with E-state index < -0.39 is 0 Å². The molecule has 0 nitrogen and oxygen atoms in total. The van der Waals surface area contributed by atoms with Crippen LogP contribution in [0.3, 0.4) is 0 Å². The van der Waals surface area contributed by atoms with Crippen LogP contribution in [0.1, 0.15) is 17.2 Å². The summed E-state index contributed by atoms with van der Waals surface area (Å²) in [7, 11) is 0. The summed E-state index contributed by atoms with van der Waals surface area (Å²) in [6.07, 6.45) is 10.1. The molecule has 1 heteroatoms. The van der Waals surface area contributed by atoms with Crippen molar-refractivity contribution in [3.05, 3.63) is 46.7 Å². The van der Waals surface area contributed by atoms with Crippen LogP contribution in [0.25, 0.3) is 0 Å². The Balaban J connectivity index is 2.23. The number of thiophene rings is 1. The Hall–Kier alpha value is -0.820. The van der Waals surface area contributed by atoms with Crippen molar-refractivity contribution in [2.24, 2.45) is 0 Å². The van der Waals surface area contributed by atoms with Crippen LogP contribution in [0, 0.1) is 0 Å². The van der Waals surface area contributed by atoms with Gasteiger partial charge < -0.3 is 0 Å². The number of hydrogen-bond acceptors (Lipinski definition) is 1. The van der Waals surface area contributed by atoms with Gasteiger partial charge in [-0.25, -0.2) is 0 Å². The maximum Gasteiger partial charge on any atom is 0.0293 e. The second-order valence-electron chi connectivity index (χ2n) is 2.63. The van der Waals surface area contributed by atoms with Crippen molar-refractivity contribution >= 4 is 11.3 Å². The van der Waals surface area contributed by atoms with Gasteiger partial charge in [0.05, 0.1) is 0 Å². The fraction of sp³-hybridized carbons (Fsp3) is 0.200. The van der Waals surface area contributed by atoms with Crippen molar-refractivity contribution in [1.82, 2.24) is 0 Å². The van der Waals surface area contributed by atoms with Gasteiger partial charge in [0.15, 0.2) is 0 Å². The zero-order chi connectivity index (χ0) is 7.52. The molecular weight excluding hydrogens is 152 g/mol. The van der Waals surface area contributed by atoms with Crippen LogP contribution in [0.2, 0.25) is 0 Å². The highest BCUT2D eigenvalue weighted by atomic mass is 32.1. The van der Waals surface area contributed by atoms with Gasteiger partial charge in [-0.2, -0.15) is 0 Å². The first-order valence-corrected chi connectivity index (χ1v) is 4.71. The fourth-order valence-corrected chi connectivity index (χ4v) is 2.05. The van der Waals surface area contributed by atoms with Crippen molar-refractivity contribution in [2.45, 2.75) is 12.3 Å². The Morgan fingerprint density at radius 1 is 1.27 bits per heavy atom. The van der Waals surface area contributed by atoms with Gasteiger partial charge >= 0.3 is 0 Å². The average Bonchev–Trinajstić information content (AvgIpc) is 2.58. The SMILES string of the molecule is C1=CC(c2cccs2)C=CC1. The maximum atomic E-state index is 2.27. The zero-order valence-electron chi connectivity index (χ0n) is 6.23. The summed E-state index contributed by atoms with van der Waals surface area (Å²) in [6, 6.07) is 4.30. The molecule has 1 aliphatic rings. The minimum atomic E-state index is 0.545. The maximum absolute atomic E-state index is 2.27. The van der Waals surface area contributed by atoms with E-state index in [4.69, 9.17) is 0 Å². The highest BCUT2D eigenvalue weighted by Gasteiger charge is 2.05. The smallest absolute Gasteiger partial charge is 0.0293 e. The lowest BCUT2D eigenvalue weighted by molar-refractivity contribution is 1.07. The molecule has 0 saturated carbocycles. The largest absolute Gasteiger partial charge is 0.148 e. The lowest BCUT2D eigenvalue weighted by Gasteiger charge is -2.07. The number of rotatable bonds is 1. The molecule has 56 valence electrons. The van der Waals surface area contributed by atoms with Crippen molar-refractivity contribution in [3.63, 3.8) is 0 Å². The van der Waals surface area contributed by atoms with E-state index in [0.29, 0.717) is 5.92 Å². The summed E-state index contributed by atoms with van der Waals surface area (Å²) >= 11 is 1.83. The Labute approximate surface area is 70.9 Å². The van der Waals surface area contributed by atoms with E-state index in [1.54, 1.807) is 0 Å². The first kappa shape index (κ1) is 6.86. The molecule has 0 radical (unpaired) electrons. The molecule has 11 heavy (non-hydrogen) atoms. The molecule has 0 amide bonds. The van der Waals surface area contributed by atoms with Gasteiger partial charge in [0.1, 0.15) is 0 Å². The fourth-order valence-electron chi connectivity index (χ4n) is 1.26. The Kier molecular flexibility index (Phi) is 1.91. The quantitative estimate of drug-likeness (QED) is 0.555. The summed E-state index contributed by atoms with van der Waals surface area (Å²) in [5.41, 5.74) is 0. The van der Waals surface area contributed by atoms with Crippen LogP contribution in [0.4, 0.5) is 0 Å². The molecule has 1 heterocycles. The highest BCUT2D eigenvalue weighted by Crippen LogP contribution is 2.25. The van der Waals surface area contributed by atoms with Gasteiger partial charge in [-0.1, -0.05) is 30.4 Å². The summed E-state index contributed by atoms with van der Waals surface area (Å²) in [6.45, 7) is 0. The van der Waals surface area contributed by atoms with E-state index in [-0.39, 0.29) is 0 Å². The minimum Gasteiger partial charge on any atom is -0.148 e. The van der Waals surface area contributed by atoms with Crippen molar-refractivity contribution in [2.75, 3.05) is 0 Å². The van der Waals surface area contributed by atoms with Crippen LogP contribution >= 0.6 is 11.3 Å². The van der Waals surface area contributed by atoms with Gasteiger partial charge in [-0.15, -0.1) is 11.3 Å². The third kappa shape index (κ3) is 1.43. The monoisotopic (exact) mass is 162 g/mol. The van der Waals surface area contributed by atoms with Crippen molar-refractivity contribution in [3.8, 4) is 0 Å². The van der Waals surface area contributed by atoms with Crippen LogP contribution < -0.4 is 0 Å². The lowest BCUT2D eigenvalue weighted by Crippen LogP contribution is -1.89. The Morgan fingerprint density at radius 2 is 2.09 bits per heavy atom. The van der Waals surface area contributed by atoms with E-state index in [0.717, 1.165) is 6.42 Å². The second kappa shape index (κ2) is 3.05. The summed E-state index contributed by atoms with van der Waals surface area (Å²) in [4.78, 5) is 1.44. The molecule has 0 N–H and O–H groups in total. The minimum absolute atomic E-state index is 0.545. The van der Waals surface area contributed by atoms with Crippen LogP contribution in [-0.4, -0.2) is 0 Å². The van der Waals surface area contributed by atoms with E-state index in [1.807, 2.05) is 11.3 Å². The van der Waals surface area contributed by atoms with Crippen LogP contribution in [0.15, 0.2) is 41.8 Å². The first-order valence-electron chi connectivity index (χ1n) is 3.83. The highest BCUT2D eigenvalue weighted by molar-refractivity contribution is 7.10. The number of allylic oxidation sites excluding steroid dienone is 4. The predicted molar refractivity (Wildman–Crippen MR) is 50.0 cm³/mol. The van der Waals surface area contributed by atoms with Gasteiger partial charge in [0.2, 0.25) is 0 Å². The van der Waals surface area contributed by atoms with Gasteiger partial charge in [0.25, 0.3) is 0 Å². The van der Waals surface area contributed by atoms with Crippen molar-refractivity contribution in [1.29, 1.82) is 0 Å². The molecule has 1 aromatic heterocycles. The number of hydrogen-bond donors (Lipinski definition) is 0. The van der Waals surface area contributed by atoms with Crippen LogP contribution in [-0.2, 0) is 0 Å². The Bertz CT molecular complexity index is 255. The second-order valence-corrected chi connectivity index (χ2v) is 3.61. The molecule has 0 aromatic carbocycles. The van der Waals surface area contributed by atoms with Gasteiger partial charge in [-0.3, -0.25) is 0 Å². The standard InChI is InChI=1S/C10H10S/c1-2-5-9(6-3-1)10-7-4-8-11-10/h2-9H,1H2. The van der Waals surface area contributed by atoms with E-state index in [1.165, 1.54) is 4.88 Å². The molecule has 0 aliphatic heterocycles. The van der Waals surface area contributed by atoms with E-state index >= 15 is 0 Å². The van der Waals surface area contributed by atoms with E-state index in [2.05, 4.69) is 41.8 Å². The first-order chi connectivity index (χ1) is 5.47. The molecule has 0 atom stereocenters. The zero-order valence-corrected chi connectivity index (χ0v) is 7.05.